The van der Waals surface area contributed by atoms with Crippen molar-refractivity contribution in [2.24, 2.45) is 0 Å². The summed E-state index contributed by atoms with van der Waals surface area (Å²) in [4.78, 5) is 2.35. The molecule has 1 aliphatic rings. The molecule has 0 aliphatic carbocycles. The van der Waals surface area contributed by atoms with Crippen LogP contribution in [0.3, 0.4) is 0 Å². The smallest absolute Gasteiger partial charge is 0.0701 e. The number of nitrogens with one attached hydrogen (secondary N) is 1. The maximum Gasteiger partial charge on any atom is 0.0701 e. The van der Waals surface area contributed by atoms with Gasteiger partial charge in [-0.15, -0.1) is 0 Å². The van der Waals surface area contributed by atoms with Crippen LogP contribution < -0.4 is 10.2 Å². The van der Waals surface area contributed by atoms with Gasteiger partial charge < -0.3 is 20.1 Å². The van der Waals surface area contributed by atoms with Crippen molar-refractivity contribution in [1.29, 1.82) is 0 Å². The van der Waals surface area contributed by atoms with E-state index in [-0.39, 0.29) is 6.61 Å². The quantitative estimate of drug-likeness (QED) is 0.891. The van der Waals surface area contributed by atoms with Crippen LogP contribution in [0.5, 0.6) is 0 Å². The number of hydrogen-bond donors (Lipinski definition) is 2. The molecule has 4 heteroatoms. The van der Waals surface area contributed by atoms with Crippen LogP contribution in [0.2, 0.25) is 0 Å². The van der Waals surface area contributed by atoms with E-state index in [0.29, 0.717) is 0 Å². The number of hydrogen-bond acceptors (Lipinski definition) is 4. The highest BCUT2D eigenvalue weighted by Crippen LogP contribution is 2.19. The molecule has 0 atom stereocenters. The van der Waals surface area contributed by atoms with Gasteiger partial charge in [0, 0.05) is 36.6 Å². The van der Waals surface area contributed by atoms with Crippen molar-refractivity contribution < 1.29 is 9.84 Å². The monoisotopic (exact) mass is 298 g/mol. The van der Waals surface area contributed by atoms with Gasteiger partial charge in [-0.25, -0.2) is 0 Å². The van der Waals surface area contributed by atoms with Crippen molar-refractivity contribution in [3.05, 3.63) is 59.7 Å². The van der Waals surface area contributed by atoms with Crippen molar-refractivity contribution in [2.75, 3.05) is 36.5 Å². The highest BCUT2D eigenvalue weighted by molar-refractivity contribution is 5.52. The Hall–Kier alpha value is -2.04. The van der Waals surface area contributed by atoms with Gasteiger partial charge in [0.25, 0.3) is 0 Å². The topological polar surface area (TPSA) is 44.7 Å². The van der Waals surface area contributed by atoms with E-state index in [1.807, 2.05) is 24.3 Å². The zero-order valence-electron chi connectivity index (χ0n) is 12.7. The van der Waals surface area contributed by atoms with Gasteiger partial charge in [-0.1, -0.05) is 30.3 Å². The molecule has 0 amide bonds. The van der Waals surface area contributed by atoms with Crippen molar-refractivity contribution in [3.8, 4) is 0 Å². The first-order valence-corrected chi connectivity index (χ1v) is 7.71. The van der Waals surface area contributed by atoms with Crippen LogP contribution in [-0.4, -0.2) is 31.4 Å². The molecule has 1 heterocycles. The summed E-state index contributed by atoms with van der Waals surface area (Å²) in [7, 11) is 0. The molecular formula is C18H22N2O2. The lowest BCUT2D eigenvalue weighted by atomic mass is 10.1. The Bertz CT molecular complexity index is 592. The molecule has 0 spiro atoms. The molecule has 0 unspecified atom stereocenters. The summed E-state index contributed by atoms with van der Waals surface area (Å²) in [5, 5.41) is 12.7. The van der Waals surface area contributed by atoms with Gasteiger partial charge in [-0.2, -0.15) is 0 Å². The molecule has 1 saturated heterocycles. The standard InChI is InChI=1S/C18H22N2O2/c21-14-16-3-1-2-4-18(16)19-13-15-5-7-17(8-6-15)20-9-11-22-12-10-20/h1-8,19,21H,9-14H2. The summed E-state index contributed by atoms with van der Waals surface area (Å²) < 4.78 is 5.38. The molecule has 0 saturated carbocycles. The number of morpholine rings is 1. The molecule has 22 heavy (non-hydrogen) atoms. The van der Waals surface area contributed by atoms with E-state index >= 15 is 0 Å². The van der Waals surface area contributed by atoms with Crippen LogP contribution in [0.1, 0.15) is 11.1 Å². The number of aliphatic hydroxyl groups excluding tert-OH is 1. The summed E-state index contributed by atoms with van der Waals surface area (Å²) in [6, 6.07) is 16.5. The second-order valence-corrected chi connectivity index (χ2v) is 5.43. The Morgan fingerprint density at radius 2 is 1.73 bits per heavy atom. The molecule has 4 nitrogen and oxygen atoms in total. The summed E-state index contributed by atoms with van der Waals surface area (Å²) in [5.74, 6) is 0. The molecule has 0 radical (unpaired) electrons. The van der Waals surface area contributed by atoms with E-state index in [1.54, 1.807) is 0 Å². The molecular weight excluding hydrogens is 276 g/mol. The first-order chi connectivity index (χ1) is 10.9. The largest absolute Gasteiger partial charge is 0.392 e. The molecule has 2 N–H and O–H groups in total. The van der Waals surface area contributed by atoms with Gasteiger partial charge in [0.05, 0.1) is 19.8 Å². The van der Waals surface area contributed by atoms with E-state index in [0.717, 1.165) is 44.1 Å². The fourth-order valence-corrected chi connectivity index (χ4v) is 2.67. The first kappa shape index (κ1) is 14.9. The van der Waals surface area contributed by atoms with Crippen LogP contribution in [0, 0.1) is 0 Å². The lowest BCUT2D eigenvalue weighted by molar-refractivity contribution is 0.122. The third-order valence-corrected chi connectivity index (χ3v) is 3.98. The predicted octanol–water partition coefficient (Wildman–Crippen LogP) is 2.63. The Labute approximate surface area is 131 Å². The fraction of sp³-hybridized carbons (Fsp3) is 0.333. The Morgan fingerprint density at radius 3 is 2.45 bits per heavy atom. The lowest BCUT2D eigenvalue weighted by Gasteiger charge is -2.28. The van der Waals surface area contributed by atoms with Crippen LogP contribution in [0.15, 0.2) is 48.5 Å². The first-order valence-electron chi connectivity index (χ1n) is 7.71. The van der Waals surface area contributed by atoms with Crippen LogP contribution in [-0.2, 0) is 17.9 Å². The lowest BCUT2D eigenvalue weighted by Crippen LogP contribution is -2.36. The van der Waals surface area contributed by atoms with Crippen molar-refractivity contribution in [2.45, 2.75) is 13.2 Å². The second-order valence-electron chi connectivity index (χ2n) is 5.43. The maximum atomic E-state index is 9.34. The summed E-state index contributed by atoms with van der Waals surface area (Å²) in [5.41, 5.74) is 4.39. The number of nitrogens with zero attached hydrogens (tertiary/aromatic N) is 1. The normalized spacial score (nSPS) is 14.9. The minimum atomic E-state index is 0.0547. The summed E-state index contributed by atoms with van der Waals surface area (Å²) in [6.45, 7) is 4.34. The molecule has 0 aromatic heterocycles. The molecule has 2 aromatic carbocycles. The molecule has 3 rings (SSSR count). The van der Waals surface area contributed by atoms with Gasteiger partial charge in [-0.3, -0.25) is 0 Å². The van der Waals surface area contributed by atoms with Crippen LogP contribution >= 0.6 is 0 Å². The van der Waals surface area contributed by atoms with Gasteiger partial charge in [0.1, 0.15) is 0 Å². The third kappa shape index (κ3) is 3.59. The Balaban J connectivity index is 1.61. The SMILES string of the molecule is OCc1ccccc1NCc1ccc(N2CCOCC2)cc1. The molecule has 2 aromatic rings. The van der Waals surface area contributed by atoms with Gasteiger partial charge in [0.2, 0.25) is 0 Å². The van der Waals surface area contributed by atoms with E-state index in [4.69, 9.17) is 4.74 Å². The van der Waals surface area contributed by atoms with Crippen molar-refractivity contribution >= 4 is 11.4 Å². The minimum Gasteiger partial charge on any atom is -0.392 e. The van der Waals surface area contributed by atoms with Gasteiger partial charge >= 0.3 is 0 Å². The number of rotatable bonds is 5. The maximum absolute atomic E-state index is 9.34. The predicted molar refractivity (Wildman–Crippen MR) is 89.2 cm³/mol. The number of anilines is 2. The molecule has 0 bridgehead atoms. The Kier molecular flexibility index (Phi) is 4.93. The second kappa shape index (κ2) is 7.29. The molecule has 1 fully saturated rings. The minimum absolute atomic E-state index is 0.0547. The number of aliphatic hydroxyl groups is 1. The van der Waals surface area contributed by atoms with E-state index in [1.165, 1.54) is 11.3 Å². The van der Waals surface area contributed by atoms with E-state index < -0.39 is 0 Å². The highest BCUT2D eigenvalue weighted by Gasteiger charge is 2.10. The van der Waals surface area contributed by atoms with Crippen molar-refractivity contribution in [3.63, 3.8) is 0 Å². The average Bonchev–Trinajstić information content (AvgIpc) is 2.61. The number of ether oxygens (including phenoxy) is 1. The third-order valence-electron chi connectivity index (χ3n) is 3.98. The zero-order chi connectivity index (χ0) is 15.2. The van der Waals surface area contributed by atoms with E-state index in [2.05, 4.69) is 34.5 Å². The van der Waals surface area contributed by atoms with Crippen LogP contribution in [0.25, 0.3) is 0 Å². The van der Waals surface area contributed by atoms with Crippen LogP contribution in [0.4, 0.5) is 11.4 Å². The number of para-hydroxylation sites is 1. The van der Waals surface area contributed by atoms with Gasteiger partial charge in [-0.05, 0) is 23.8 Å². The zero-order valence-corrected chi connectivity index (χ0v) is 12.7. The fourth-order valence-electron chi connectivity index (χ4n) is 2.67. The average molecular weight is 298 g/mol. The van der Waals surface area contributed by atoms with Crippen molar-refractivity contribution in [1.82, 2.24) is 0 Å². The summed E-state index contributed by atoms with van der Waals surface area (Å²) >= 11 is 0. The highest BCUT2D eigenvalue weighted by atomic mass is 16.5. The molecule has 1 aliphatic heterocycles. The summed E-state index contributed by atoms with van der Waals surface area (Å²) in [6.07, 6.45) is 0. The van der Waals surface area contributed by atoms with E-state index in [9.17, 15) is 5.11 Å². The van der Waals surface area contributed by atoms with Gasteiger partial charge in [0.15, 0.2) is 0 Å². The Morgan fingerprint density at radius 1 is 1.00 bits per heavy atom. The number of benzene rings is 2. The molecule has 116 valence electrons.